The largest absolute Gasteiger partial charge is 0.476 e. The molecule has 0 aromatic carbocycles. The number of nitrogens with zero attached hydrogens (tertiary/aromatic N) is 4. The molecule has 0 radical (unpaired) electrons. The topological polar surface area (TPSA) is 52.3 Å². The number of imidazole rings is 1. The maximum atomic E-state index is 5.42. The molecule has 3 aromatic heterocycles. The van der Waals surface area contributed by atoms with Gasteiger partial charge in [0, 0.05) is 6.20 Å². The van der Waals surface area contributed by atoms with Crippen LogP contribution in [0.1, 0.15) is 6.92 Å². The molecule has 0 unspecified atom stereocenters. The third-order valence-electron chi connectivity index (χ3n) is 2.34. The van der Waals surface area contributed by atoms with Gasteiger partial charge in [0.2, 0.25) is 5.88 Å². The molecule has 0 fully saturated rings. The summed E-state index contributed by atoms with van der Waals surface area (Å²) in [6.45, 7) is 2.49. The van der Waals surface area contributed by atoms with E-state index in [4.69, 9.17) is 4.74 Å². The zero-order valence-electron chi connectivity index (χ0n) is 8.79. The van der Waals surface area contributed by atoms with Gasteiger partial charge in [0.25, 0.3) is 0 Å². The predicted molar refractivity (Wildman–Crippen MR) is 59.5 cm³/mol. The molecule has 0 saturated carbocycles. The van der Waals surface area contributed by atoms with Crippen molar-refractivity contribution in [3.05, 3.63) is 30.7 Å². The highest BCUT2D eigenvalue weighted by Crippen LogP contribution is 2.21. The second-order valence-corrected chi connectivity index (χ2v) is 3.32. The minimum Gasteiger partial charge on any atom is -0.476 e. The van der Waals surface area contributed by atoms with Crippen LogP contribution < -0.4 is 4.74 Å². The van der Waals surface area contributed by atoms with Crippen molar-refractivity contribution >= 4 is 16.8 Å². The van der Waals surface area contributed by atoms with Crippen LogP contribution in [0.15, 0.2) is 30.7 Å². The fourth-order valence-corrected chi connectivity index (χ4v) is 1.69. The predicted octanol–water partition coefficient (Wildman–Crippen LogP) is 1.68. The summed E-state index contributed by atoms with van der Waals surface area (Å²) in [5.74, 6) is 0.538. The van der Waals surface area contributed by atoms with E-state index in [9.17, 15) is 0 Å². The molecule has 3 heterocycles. The summed E-state index contributed by atoms with van der Waals surface area (Å²) in [5.41, 5.74) is 2.32. The van der Waals surface area contributed by atoms with Gasteiger partial charge in [-0.2, -0.15) is 4.98 Å². The van der Waals surface area contributed by atoms with Crippen LogP contribution in [0.4, 0.5) is 0 Å². The minimum atomic E-state index is 0.538. The Morgan fingerprint density at radius 3 is 3.12 bits per heavy atom. The van der Waals surface area contributed by atoms with Gasteiger partial charge in [0.15, 0.2) is 11.2 Å². The molecule has 3 rings (SSSR count). The van der Waals surface area contributed by atoms with E-state index in [2.05, 4.69) is 15.0 Å². The highest BCUT2D eigenvalue weighted by molar-refractivity contribution is 5.80. The number of ether oxygens (including phenoxy) is 1. The highest BCUT2D eigenvalue weighted by Gasteiger charge is 2.10. The minimum absolute atomic E-state index is 0.538. The number of fused-ring (bicyclic) bond motifs is 3. The first-order valence-corrected chi connectivity index (χ1v) is 5.10. The first-order valence-electron chi connectivity index (χ1n) is 5.10. The standard InChI is InChI=1S/C11H10N4O/c1-2-16-11-9-10(12-7-13-11)15-6-4-3-5-8(15)14-9/h3-7H,2H2,1H3. The zero-order chi connectivity index (χ0) is 11.0. The summed E-state index contributed by atoms with van der Waals surface area (Å²) < 4.78 is 7.34. The lowest BCUT2D eigenvalue weighted by Crippen LogP contribution is -1.96. The molecule has 0 spiro atoms. The van der Waals surface area contributed by atoms with Crippen molar-refractivity contribution in [1.29, 1.82) is 0 Å². The molecule has 16 heavy (non-hydrogen) atoms. The Labute approximate surface area is 91.7 Å². The van der Waals surface area contributed by atoms with Crippen LogP contribution in [0.5, 0.6) is 5.88 Å². The Hall–Kier alpha value is -2.17. The second-order valence-electron chi connectivity index (χ2n) is 3.32. The van der Waals surface area contributed by atoms with E-state index in [1.54, 1.807) is 0 Å². The maximum absolute atomic E-state index is 5.42. The number of pyridine rings is 1. The Kier molecular flexibility index (Phi) is 1.96. The van der Waals surface area contributed by atoms with Gasteiger partial charge in [0.05, 0.1) is 6.61 Å². The number of aromatic nitrogens is 4. The van der Waals surface area contributed by atoms with Gasteiger partial charge >= 0.3 is 0 Å². The monoisotopic (exact) mass is 214 g/mol. The lowest BCUT2D eigenvalue weighted by Gasteiger charge is -2.00. The summed E-state index contributed by atoms with van der Waals surface area (Å²) >= 11 is 0. The molecular weight excluding hydrogens is 204 g/mol. The number of hydrogen-bond acceptors (Lipinski definition) is 4. The van der Waals surface area contributed by atoms with E-state index in [0.29, 0.717) is 18.0 Å². The van der Waals surface area contributed by atoms with Gasteiger partial charge in [-0.3, -0.25) is 4.40 Å². The summed E-state index contributed by atoms with van der Waals surface area (Å²) in [7, 11) is 0. The molecule has 3 aromatic rings. The maximum Gasteiger partial charge on any atom is 0.245 e. The van der Waals surface area contributed by atoms with Gasteiger partial charge in [-0.25, -0.2) is 9.97 Å². The molecule has 5 nitrogen and oxygen atoms in total. The van der Waals surface area contributed by atoms with Crippen LogP contribution in [-0.4, -0.2) is 26.0 Å². The van der Waals surface area contributed by atoms with Gasteiger partial charge in [-0.1, -0.05) is 6.07 Å². The van der Waals surface area contributed by atoms with Crippen LogP contribution >= 0.6 is 0 Å². The molecule has 80 valence electrons. The fraction of sp³-hybridized carbons (Fsp3) is 0.182. The van der Waals surface area contributed by atoms with Crippen LogP contribution in [0.3, 0.4) is 0 Å². The van der Waals surface area contributed by atoms with Crippen LogP contribution in [0.2, 0.25) is 0 Å². The number of rotatable bonds is 2. The molecule has 0 aliphatic heterocycles. The van der Waals surface area contributed by atoms with E-state index in [0.717, 1.165) is 11.3 Å². The van der Waals surface area contributed by atoms with Crippen molar-refractivity contribution in [1.82, 2.24) is 19.4 Å². The molecule has 0 aliphatic rings. The average molecular weight is 214 g/mol. The number of hydrogen-bond donors (Lipinski definition) is 0. The first-order chi connectivity index (χ1) is 7.90. The highest BCUT2D eigenvalue weighted by atomic mass is 16.5. The Balaban J connectivity index is 2.39. The second kappa shape index (κ2) is 3.44. The molecule has 0 amide bonds. The lowest BCUT2D eigenvalue weighted by atomic mass is 10.5. The Bertz CT molecular complexity index is 647. The molecule has 0 aliphatic carbocycles. The normalized spacial score (nSPS) is 11.1. The Morgan fingerprint density at radius 2 is 2.25 bits per heavy atom. The molecule has 0 N–H and O–H groups in total. The smallest absolute Gasteiger partial charge is 0.245 e. The van der Waals surface area contributed by atoms with E-state index >= 15 is 0 Å². The van der Waals surface area contributed by atoms with Crippen molar-refractivity contribution in [3.63, 3.8) is 0 Å². The first kappa shape index (κ1) is 9.08. The Morgan fingerprint density at radius 1 is 1.31 bits per heavy atom. The molecule has 0 saturated heterocycles. The van der Waals surface area contributed by atoms with Crippen molar-refractivity contribution in [2.24, 2.45) is 0 Å². The summed E-state index contributed by atoms with van der Waals surface area (Å²) in [6, 6.07) is 5.81. The van der Waals surface area contributed by atoms with E-state index in [-0.39, 0.29) is 0 Å². The zero-order valence-corrected chi connectivity index (χ0v) is 8.79. The van der Waals surface area contributed by atoms with Crippen molar-refractivity contribution in [2.45, 2.75) is 6.92 Å². The van der Waals surface area contributed by atoms with E-state index in [1.165, 1.54) is 6.33 Å². The third kappa shape index (κ3) is 1.21. The lowest BCUT2D eigenvalue weighted by molar-refractivity contribution is 0.330. The van der Waals surface area contributed by atoms with E-state index in [1.807, 2.05) is 35.7 Å². The van der Waals surface area contributed by atoms with Crippen LogP contribution in [-0.2, 0) is 0 Å². The van der Waals surface area contributed by atoms with Crippen LogP contribution in [0, 0.1) is 0 Å². The van der Waals surface area contributed by atoms with Crippen LogP contribution in [0.25, 0.3) is 16.8 Å². The average Bonchev–Trinajstić information content (AvgIpc) is 2.69. The fourth-order valence-electron chi connectivity index (χ4n) is 1.69. The SMILES string of the molecule is CCOc1ncnc2c1nc1ccccn12. The molecule has 5 heteroatoms. The van der Waals surface area contributed by atoms with Gasteiger partial charge in [0.1, 0.15) is 12.0 Å². The van der Waals surface area contributed by atoms with Crippen molar-refractivity contribution in [3.8, 4) is 5.88 Å². The summed E-state index contributed by atoms with van der Waals surface area (Å²) in [5, 5.41) is 0. The van der Waals surface area contributed by atoms with Gasteiger partial charge in [-0.05, 0) is 19.1 Å². The molecule has 0 atom stereocenters. The third-order valence-corrected chi connectivity index (χ3v) is 2.34. The van der Waals surface area contributed by atoms with Gasteiger partial charge < -0.3 is 4.74 Å². The quantitative estimate of drug-likeness (QED) is 0.651. The molecule has 0 bridgehead atoms. The van der Waals surface area contributed by atoms with E-state index < -0.39 is 0 Å². The molecular formula is C11H10N4O. The van der Waals surface area contributed by atoms with Gasteiger partial charge in [-0.15, -0.1) is 0 Å². The summed E-state index contributed by atoms with van der Waals surface area (Å²) in [4.78, 5) is 12.8. The van der Waals surface area contributed by atoms with Crippen molar-refractivity contribution in [2.75, 3.05) is 6.61 Å². The summed E-state index contributed by atoms with van der Waals surface area (Å²) in [6.07, 6.45) is 3.42. The van der Waals surface area contributed by atoms with Crippen molar-refractivity contribution < 1.29 is 4.74 Å².